The van der Waals surface area contributed by atoms with Crippen molar-refractivity contribution in [2.45, 2.75) is 76.2 Å². The van der Waals surface area contributed by atoms with E-state index in [0.29, 0.717) is 37.2 Å². The van der Waals surface area contributed by atoms with Crippen LogP contribution in [0.1, 0.15) is 66.4 Å². The summed E-state index contributed by atoms with van der Waals surface area (Å²) in [5.41, 5.74) is 2.81. The molecule has 3 heterocycles. The van der Waals surface area contributed by atoms with Crippen LogP contribution in [0.3, 0.4) is 0 Å². The number of hydrogen-bond donors (Lipinski definition) is 3. The van der Waals surface area contributed by atoms with Gasteiger partial charge in [0.2, 0.25) is 11.8 Å². The third-order valence-electron chi connectivity index (χ3n) is 7.33. The van der Waals surface area contributed by atoms with Crippen molar-refractivity contribution in [2.75, 3.05) is 6.54 Å². The average Bonchev–Trinajstić information content (AvgIpc) is 3.30. The fourth-order valence-electron chi connectivity index (χ4n) is 5.78. The Morgan fingerprint density at radius 2 is 1.97 bits per heavy atom. The SMILES string of the molecule is O=C1CCC(N2Cc3c(CNC[C@@H]4C[C@@H]5CCCC[C@@H]5N4)cccc3C2=O)C(=O)N1. The van der Waals surface area contributed by atoms with E-state index in [-0.39, 0.29) is 24.1 Å². The minimum absolute atomic E-state index is 0.108. The molecule has 0 spiro atoms. The van der Waals surface area contributed by atoms with Crippen LogP contribution in [-0.2, 0) is 22.7 Å². The predicted octanol–water partition coefficient (Wildman–Crippen LogP) is 1.46. The van der Waals surface area contributed by atoms with Gasteiger partial charge in [0.05, 0.1) is 0 Å². The van der Waals surface area contributed by atoms with Crippen molar-refractivity contribution in [3.63, 3.8) is 0 Å². The van der Waals surface area contributed by atoms with Gasteiger partial charge in [-0.05, 0) is 48.8 Å². The minimum Gasteiger partial charge on any atom is -0.322 e. The molecule has 4 aliphatic rings. The maximum Gasteiger partial charge on any atom is 0.255 e. The lowest BCUT2D eigenvalue weighted by molar-refractivity contribution is -0.136. The van der Waals surface area contributed by atoms with Crippen molar-refractivity contribution in [2.24, 2.45) is 5.92 Å². The average molecular weight is 411 g/mol. The molecule has 0 radical (unpaired) electrons. The first kappa shape index (κ1) is 19.7. The topological polar surface area (TPSA) is 90.5 Å². The number of amides is 3. The Kier molecular flexibility index (Phi) is 5.33. The number of rotatable bonds is 5. The molecule has 1 aliphatic carbocycles. The summed E-state index contributed by atoms with van der Waals surface area (Å²) in [4.78, 5) is 38.3. The van der Waals surface area contributed by atoms with Crippen LogP contribution in [0.4, 0.5) is 0 Å². The highest BCUT2D eigenvalue weighted by atomic mass is 16.2. The highest BCUT2D eigenvalue weighted by Gasteiger charge is 2.40. The molecule has 0 bridgehead atoms. The smallest absolute Gasteiger partial charge is 0.255 e. The van der Waals surface area contributed by atoms with Gasteiger partial charge in [-0.15, -0.1) is 0 Å². The van der Waals surface area contributed by atoms with Crippen molar-refractivity contribution < 1.29 is 14.4 Å². The van der Waals surface area contributed by atoms with Gasteiger partial charge in [-0.2, -0.15) is 0 Å². The van der Waals surface area contributed by atoms with Crippen LogP contribution in [0.5, 0.6) is 0 Å². The molecule has 7 heteroatoms. The number of nitrogens with zero attached hydrogens (tertiary/aromatic N) is 1. The monoisotopic (exact) mass is 410 g/mol. The van der Waals surface area contributed by atoms with Gasteiger partial charge in [0.1, 0.15) is 6.04 Å². The Balaban J connectivity index is 1.21. The molecule has 3 N–H and O–H groups in total. The second-order valence-electron chi connectivity index (χ2n) is 9.22. The normalized spacial score (nSPS) is 30.9. The van der Waals surface area contributed by atoms with E-state index >= 15 is 0 Å². The molecule has 1 aromatic carbocycles. The molecule has 3 fully saturated rings. The quantitative estimate of drug-likeness (QED) is 0.640. The van der Waals surface area contributed by atoms with Crippen molar-refractivity contribution >= 4 is 17.7 Å². The first-order valence-corrected chi connectivity index (χ1v) is 11.3. The molecular weight excluding hydrogens is 380 g/mol. The Hall–Kier alpha value is -2.25. The first-order chi connectivity index (χ1) is 14.6. The van der Waals surface area contributed by atoms with Crippen LogP contribution in [0.15, 0.2) is 18.2 Å². The number of carbonyl (C=O) groups excluding carboxylic acids is 3. The summed E-state index contributed by atoms with van der Waals surface area (Å²) in [6.07, 6.45) is 7.32. The summed E-state index contributed by atoms with van der Waals surface area (Å²) in [6.45, 7) is 2.08. The third-order valence-corrected chi connectivity index (χ3v) is 7.33. The lowest BCUT2D eigenvalue weighted by Crippen LogP contribution is -2.52. The second-order valence-corrected chi connectivity index (χ2v) is 9.22. The standard InChI is InChI=1S/C23H30N4O3/c28-21-9-8-20(22(29)26-21)27-13-18-15(5-3-6-17(18)23(27)30)11-24-12-16-10-14-4-1-2-7-19(14)25-16/h3,5-6,14,16,19-20,24-25H,1-2,4,7-13H2,(H,26,28,29)/t14-,16-,19-,20?/m0/s1. The molecule has 30 heavy (non-hydrogen) atoms. The Labute approximate surface area is 177 Å². The molecule has 3 aliphatic heterocycles. The number of piperidine rings is 1. The predicted molar refractivity (Wildman–Crippen MR) is 111 cm³/mol. The molecule has 5 rings (SSSR count). The summed E-state index contributed by atoms with van der Waals surface area (Å²) in [6, 6.07) is 6.49. The number of nitrogens with one attached hydrogen (secondary N) is 3. The maximum absolute atomic E-state index is 12.9. The number of carbonyl (C=O) groups is 3. The molecule has 1 saturated carbocycles. The van der Waals surface area contributed by atoms with Gasteiger partial charge in [-0.1, -0.05) is 25.0 Å². The van der Waals surface area contributed by atoms with E-state index in [0.717, 1.165) is 23.6 Å². The second kappa shape index (κ2) is 8.12. The molecule has 1 unspecified atom stereocenters. The lowest BCUT2D eigenvalue weighted by atomic mass is 9.85. The Morgan fingerprint density at radius 3 is 2.80 bits per heavy atom. The highest BCUT2D eigenvalue weighted by molar-refractivity contribution is 6.05. The van der Waals surface area contributed by atoms with Gasteiger partial charge in [0, 0.05) is 43.7 Å². The molecule has 0 aromatic heterocycles. The Morgan fingerprint density at radius 1 is 1.10 bits per heavy atom. The zero-order valence-corrected chi connectivity index (χ0v) is 17.3. The third kappa shape index (κ3) is 3.65. The molecule has 2 saturated heterocycles. The fraction of sp³-hybridized carbons (Fsp3) is 0.609. The van der Waals surface area contributed by atoms with E-state index in [1.54, 1.807) is 4.90 Å². The molecule has 7 nitrogen and oxygen atoms in total. The van der Waals surface area contributed by atoms with E-state index in [9.17, 15) is 14.4 Å². The lowest BCUT2D eigenvalue weighted by Gasteiger charge is -2.29. The van der Waals surface area contributed by atoms with E-state index < -0.39 is 6.04 Å². The van der Waals surface area contributed by atoms with Gasteiger partial charge in [0.25, 0.3) is 5.91 Å². The van der Waals surface area contributed by atoms with E-state index in [1.165, 1.54) is 32.1 Å². The van der Waals surface area contributed by atoms with Gasteiger partial charge in [0.15, 0.2) is 0 Å². The molecule has 1 aromatic rings. The van der Waals surface area contributed by atoms with Gasteiger partial charge in [-0.25, -0.2) is 0 Å². The minimum atomic E-state index is -0.561. The van der Waals surface area contributed by atoms with Crippen LogP contribution < -0.4 is 16.0 Å². The molecule has 3 amide bonds. The van der Waals surface area contributed by atoms with Crippen LogP contribution in [0, 0.1) is 5.92 Å². The van der Waals surface area contributed by atoms with Gasteiger partial charge >= 0.3 is 0 Å². The van der Waals surface area contributed by atoms with Crippen LogP contribution in [0.25, 0.3) is 0 Å². The molecule has 4 atom stereocenters. The van der Waals surface area contributed by atoms with Gasteiger partial charge < -0.3 is 15.5 Å². The van der Waals surface area contributed by atoms with E-state index in [1.807, 2.05) is 12.1 Å². The summed E-state index contributed by atoms with van der Waals surface area (Å²) in [7, 11) is 0. The first-order valence-electron chi connectivity index (χ1n) is 11.3. The number of hydrogen-bond acceptors (Lipinski definition) is 5. The largest absolute Gasteiger partial charge is 0.322 e. The Bertz CT molecular complexity index is 856. The van der Waals surface area contributed by atoms with Crippen LogP contribution >= 0.6 is 0 Å². The van der Waals surface area contributed by atoms with Crippen molar-refractivity contribution in [3.8, 4) is 0 Å². The van der Waals surface area contributed by atoms with Crippen LogP contribution in [0.2, 0.25) is 0 Å². The number of fused-ring (bicyclic) bond motifs is 2. The van der Waals surface area contributed by atoms with Crippen molar-refractivity contribution in [3.05, 3.63) is 34.9 Å². The summed E-state index contributed by atoms with van der Waals surface area (Å²) >= 11 is 0. The molecule has 160 valence electrons. The van der Waals surface area contributed by atoms with Crippen molar-refractivity contribution in [1.82, 2.24) is 20.9 Å². The van der Waals surface area contributed by atoms with Crippen molar-refractivity contribution in [1.29, 1.82) is 0 Å². The number of benzene rings is 1. The number of imide groups is 1. The van der Waals surface area contributed by atoms with Gasteiger partial charge in [-0.3, -0.25) is 19.7 Å². The highest BCUT2D eigenvalue weighted by Crippen LogP contribution is 2.33. The zero-order valence-electron chi connectivity index (χ0n) is 17.3. The molecular formula is C23H30N4O3. The van der Waals surface area contributed by atoms with Crippen LogP contribution in [-0.4, -0.2) is 47.3 Å². The zero-order chi connectivity index (χ0) is 20.7. The van der Waals surface area contributed by atoms with E-state index in [2.05, 4.69) is 22.0 Å². The van der Waals surface area contributed by atoms with E-state index in [4.69, 9.17) is 0 Å². The summed E-state index contributed by atoms with van der Waals surface area (Å²) in [5, 5.41) is 9.75. The maximum atomic E-state index is 12.9. The fourth-order valence-corrected chi connectivity index (χ4v) is 5.78. The summed E-state index contributed by atoms with van der Waals surface area (Å²) in [5.74, 6) is 0.112. The summed E-state index contributed by atoms with van der Waals surface area (Å²) < 4.78 is 0.